The normalized spacial score (nSPS) is 12.8. The van der Waals surface area contributed by atoms with Crippen molar-refractivity contribution in [3.8, 4) is 0 Å². The highest BCUT2D eigenvalue weighted by Gasteiger charge is 2.13. The van der Waals surface area contributed by atoms with Crippen LogP contribution in [0.3, 0.4) is 0 Å². The van der Waals surface area contributed by atoms with Crippen LogP contribution in [-0.4, -0.2) is 0 Å². The summed E-state index contributed by atoms with van der Waals surface area (Å²) in [6, 6.07) is 13.0. The Balaban J connectivity index is 1.93. The Morgan fingerprint density at radius 1 is 1.20 bits per heavy atom. The summed E-state index contributed by atoms with van der Waals surface area (Å²) >= 11 is 1.71. The van der Waals surface area contributed by atoms with Gasteiger partial charge < -0.3 is 5.73 Å². The van der Waals surface area contributed by atoms with Crippen molar-refractivity contribution in [2.45, 2.75) is 19.4 Å². The molecule has 0 fully saturated rings. The maximum absolute atomic E-state index is 13.4. The lowest BCUT2D eigenvalue weighted by Crippen LogP contribution is -2.13. The summed E-state index contributed by atoms with van der Waals surface area (Å²) in [7, 11) is 0. The van der Waals surface area contributed by atoms with Crippen molar-refractivity contribution in [3.63, 3.8) is 0 Å². The molecule has 0 radical (unpaired) electrons. The number of thiophene rings is 1. The molecule has 0 spiro atoms. The lowest BCUT2D eigenvalue weighted by molar-refractivity contribution is 0.621. The third-order valence-corrected chi connectivity index (χ3v) is 4.64. The molecule has 1 unspecified atom stereocenters. The van der Waals surface area contributed by atoms with Gasteiger partial charge in [0.1, 0.15) is 5.82 Å². The van der Waals surface area contributed by atoms with E-state index in [0.29, 0.717) is 6.42 Å². The van der Waals surface area contributed by atoms with Gasteiger partial charge in [-0.1, -0.05) is 24.3 Å². The van der Waals surface area contributed by atoms with Gasteiger partial charge in [0.25, 0.3) is 0 Å². The Labute approximate surface area is 121 Å². The number of rotatable bonds is 3. The third-order valence-electron chi connectivity index (χ3n) is 3.66. The van der Waals surface area contributed by atoms with Gasteiger partial charge in [-0.15, -0.1) is 11.3 Å². The number of hydrogen-bond donors (Lipinski definition) is 1. The van der Waals surface area contributed by atoms with E-state index in [4.69, 9.17) is 5.73 Å². The molecule has 0 aliphatic heterocycles. The quantitative estimate of drug-likeness (QED) is 0.748. The first kappa shape index (κ1) is 13.3. The molecule has 3 rings (SSSR count). The molecule has 3 aromatic rings. The second-order valence-electron chi connectivity index (χ2n) is 5.07. The smallest absolute Gasteiger partial charge is 0.123 e. The second-order valence-corrected chi connectivity index (χ2v) is 5.98. The zero-order valence-electron chi connectivity index (χ0n) is 11.3. The van der Waals surface area contributed by atoms with Gasteiger partial charge in [-0.2, -0.15) is 0 Å². The van der Waals surface area contributed by atoms with E-state index in [0.717, 1.165) is 16.7 Å². The molecule has 3 heteroatoms. The topological polar surface area (TPSA) is 26.0 Å². The molecule has 0 aliphatic carbocycles. The van der Waals surface area contributed by atoms with E-state index in [1.54, 1.807) is 17.4 Å². The molecule has 0 bridgehead atoms. The third kappa shape index (κ3) is 2.47. The van der Waals surface area contributed by atoms with E-state index < -0.39 is 0 Å². The first-order chi connectivity index (χ1) is 9.65. The number of aryl methyl sites for hydroxylation is 1. The molecule has 2 N–H and O–H groups in total. The van der Waals surface area contributed by atoms with Crippen molar-refractivity contribution < 1.29 is 4.39 Å². The highest BCUT2D eigenvalue weighted by Crippen LogP contribution is 2.31. The van der Waals surface area contributed by atoms with Crippen LogP contribution in [0.5, 0.6) is 0 Å². The molecule has 1 nitrogen and oxygen atoms in total. The largest absolute Gasteiger partial charge is 0.324 e. The summed E-state index contributed by atoms with van der Waals surface area (Å²) in [4.78, 5) is 0. The fourth-order valence-electron chi connectivity index (χ4n) is 2.49. The predicted molar refractivity (Wildman–Crippen MR) is 83.6 cm³/mol. The van der Waals surface area contributed by atoms with Crippen molar-refractivity contribution >= 4 is 21.4 Å². The molecule has 1 aromatic heterocycles. The number of hydrogen-bond acceptors (Lipinski definition) is 2. The minimum absolute atomic E-state index is 0.105. The lowest BCUT2D eigenvalue weighted by atomic mass is 9.96. The lowest BCUT2D eigenvalue weighted by Gasteiger charge is -2.13. The van der Waals surface area contributed by atoms with E-state index in [1.165, 1.54) is 16.2 Å². The molecule has 1 heterocycles. The summed E-state index contributed by atoms with van der Waals surface area (Å²) in [5.74, 6) is -0.201. The molecule has 0 saturated heterocycles. The first-order valence-corrected chi connectivity index (χ1v) is 7.50. The number of fused-ring (bicyclic) bond motifs is 1. The molecule has 0 amide bonds. The van der Waals surface area contributed by atoms with E-state index in [2.05, 4.69) is 17.5 Å². The van der Waals surface area contributed by atoms with Gasteiger partial charge in [-0.25, -0.2) is 4.39 Å². The first-order valence-electron chi connectivity index (χ1n) is 6.62. The fourth-order valence-corrected chi connectivity index (χ4v) is 3.52. The van der Waals surface area contributed by atoms with Gasteiger partial charge in [0.15, 0.2) is 0 Å². The summed E-state index contributed by atoms with van der Waals surface area (Å²) < 4.78 is 14.6. The van der Waals surface area contributed by atoms with Gasteiger partial charge >= 0.3 is 0 Å². The molecule has 102 valence electrons. The molecule has 20 heavy (non-hydrogen) atoms. The molecule has 0 aliphatic rings. The van der Waals surface area contributed by atoms with Crippen molar-refractivity contribution in [2.24, 2.45) is 5.73 Å². The molecule has 2 aromatic carbocycles. The minimum atomic E-state index is -0.201. The number of halogens is 1. The maximum atomic E-state index is 13.4. The fraction of sp³-hybridized carbons (Fsp3) is 0.176. The average Bonchev–Trinajstić information content (AvgIpc) is 2.87. The molecular weight excluding hydrogens is 269 g/mol. The Bertz CT molecular complexity index is 748. The molecule has 0 saturated carbocycles. The molecule has 1 atom stereocenters. The summed E-state index contributed by atoms with van der Waals surface area (Å²) in [6.07, 6.45) is 0.657. The van der Waals surface area contributed by atoms with Gasteiger partial charge in [0.05, 0.1) is 0 Å². The molecular formula is C17H16FNS. The van der Waals surface area contributed by atoms with Gasteiger partial charge in [-0.3, -0.25) is 0 Å². The second kappa shape index (κ2) is 5.35. The van der Waals surface area contributed by atoms with Crippen LogP contribution in [0.2, 0.25) is 0 Å². The van der Waals surface area contributed by atoms with Crippen LogP contribution in [0.15, 0.2) is 47.8 Å². The Kier molecular flexibility index (Phi) is 3.55. The van der Waals surface area contributed by atoms with Gasteiger partial charge in [0.2, 0.25) is 0 Å². The number of benzene rings is 2. The van der Waals surface area contributed by atoms with E-state index >= 15 is 0 Å². The standard InChI is InChI=1S/C17H16FNS/c1-11-6-7-13(18)8-12(11)9-16(19)15-10-20-17-5-3-2-4-14(15)17/h2-8,10,16H,9,19H2,1H3. The van der Waals surface area contributed by atoms with Gasteiger partial charge in [0, 0.05) is 10.7 Å². The highest BCUT2D eigenvalue weighted by molar-refractivity contribution is 7.17. The van der Waals surface area contributed by atoms with Crippen LogP contribution in [0.25, 0.3) is 10.1 Å². The Hall–Kier alpha value is -1.71. The number of nitrogens with two attached hydrogens (primary N) is 1. The van der Waals surface area contributed by atoms with Crippen LogP contribution in [0.1, 0.15) is 22.7 Å². The van der Waals surface area contributed by atoms with E-state index in [9.17, 15) is 4.39 Å². The van der Waals surface area contributed by atoms with Crippen molar-refractivity contribution in [1.82, 2.24) is 0 Å². The van der Waals surface area contributed by atoms with Gasteiger partial charge in [-0.05, 0) is 59.0 Å². The summed E-state index contributed by atoms with van der Waals surface area (Å²) in [6.45, 7) is 1.99. The van der Waals surface area contributed by atoms with Crippen LogP contribution in [-0.2, 0) is 6.42 Å². The monoisotopic (exact) mass is 285 g/mol. The van der Waals surface area contributed by atoms with Crippen LogP contribution in [0.4, 0.5) is 4.39 Å². The Morgan fingerprint density at radius 2 is 2.00 bits per heavy atom. The van der Waals surface area contributed by atoms with Crippen molar-refractivity contribution in [2.75, 3.05) is 0 Å². The Morgan fingerprint density at radius 3 is 2.85 bits per heavy atom. The average molecular weight is 285 g/mol. The summed E-state index contributed by atoms with van der Waals surface area (Å²) in [5.41, 5.74) is 9.55. The van der Waals surface area contributed by atoms with Crippen molar-refractivity contribution in [3.05, 3.63) is 70.4 Å². The zero-order chi connectivity index (χ0) is 14.1. The van der Waals surface area contributed by atoms with Crippen LogP contribution >= 0.6 is 11.3 Å². The predicted octanol–water partition coefficient (Wildman–Crippen LogP) is 4.59. The van der Waals surface area contributed by atoms with E-state index in [1.807, 2.05) is 25.1 Å². The SMILES string of the molecule is Cc1ccc(F)cc1CC(N)c1csc2ccccc12. The summed E-state index contributed by atoms with van der Waals surface area (Å²) in [5, 5.41) is 3.32. The van der Waals surface area contributed by atoms with Crippen LogP contribution in [0, 0.1) is 12.7 Å². The van der Waals surface area contributed by atoms with Crippen molar-refractivity contribution in [1.29, 1.82) is 0 Å². The highest BCUT2D eigenvalue weighted by atomic mass is 32.1. The minimum Gasteiger partial charge on any atom is -0.324 e. The zero-order valence-corrected chi connectivity index (χ0v) is 12.1. The van der Waals surface area contributed by atoms with E-state index in [-0.39, 0.29) is 11.9 Å². The van der Waals surface area contributed by atoms with Crippen LogP contribution < -0.4 is 5.73 Å². The maximum Gasteiger partial charge on any atom is 0.123 e.